The molecule has 1 saturated heterocycles. The third-order valence-electron chi connectivity index (χ3n) is 4.24. The molecule has 0 unspecified atom stereocenters. The highest BCUT2D eigenvalue weighted by molar-refractivity contribution is 6.30. The van der Waals surface area contributed by atoms with Crippen LogP contribution in [0.5, 0.6) is 0 Å². The van der Waals surface area contributed by atoms with Gasteiger partial charge in [0.15, 0.2) is 0 Å². The molecule has 0 spiro atoms. The second kappa shape index (κ2) is 8.16. The minimum atomic E-state index is 0.151. The van der Waals surface area contributed by atoms with Gasteiger partial charge in [0.25, 0.3) is 0 Å². The second-order valence-corrected chi connectivity index (χ2v) is 6.40. The van der Waals surface area contributed by atoms with Gasteiger partial charge in [-0.05, 0) is 24.6 Å². The molecule has 1 aromatic carbocycles. The summed E-state index contributed by atoms with van der Waals surface area (Å²) in [5.41, 5.74) is 0.989. The van der Waals surface area contributed by atoms with E-state index in [1.807, 2.05) is 42.2 Å². The van der Waals surface area contributed by atoms with Crippen molar-refractivity contribution in [3.8, 4) is 0 Å². The molecule has 7 heteroatoms. The number of hydrogen-bond acceptors (Lipinski definition) is 5. The molecule has 0 atom stereocenters. The topological polar surface area (TPSA) is 61.4 Å². The Hall–Kier alpha value is -2.34. The van der Waals surface area contributed by atoms with Gasteiger partial charge < -0.3 is 15.1 Å². The number of rotatable bonds is 5. The summed E-state index contributed by atoms with van der Waals surface area (Å²) in [5, 5.41) is 3.88. The average Bonchev–Trinajstić information content (AvgIpc) is 2.64. The van der Waals surface area contributed by atoms with E-state index in [2.05, 4.69) is 20.2 Å². The Balaban J connectivity index is 1.55. The molecule has 1 fully saturated rings. The van der Waals surface area contributed by atoms with Gasteiger partial charge in [-0.25, -0.2) is 9.97 Å². The molecule has 25 heavy (non-hydrogen) atoms. The molecular weight excluding hydrogens is 338 g/mol. The summed E-state index contributed by atoms with van der Waals surface area (Å²) in [5.74, 6) is 1.88. The molecule has 132 valence electrons. The summed E-state index contributed by atoms with van der Waals surface area (Å²) >= 11 is 5.89. The molecule has 1 N–H and O–H groups in total. The predicted octanol–water partition coefficient (Wildman–Crippen LogP) is 2.45. The largest absolute Gasteiger partial charge is 0.370 e. The summed E-state index contributed by atoms with van der Waals surface area (Å²) in [6, 6.07) is 9.40. The van der Waals surface area contributed by atoms with E-state index in [1.165, 1.54) is 0 Å². The highest BCUT2D eigenvalue weighted by Crippen LogP contribution is 2.17. The van der Waals surface area contributed by atoms with Crippen LogP contribution in [0, 0.1) is 0 Å². The molecule has 6 nitrogen and oxygen atoms in total. The number of hydrogen-bond donors (Lipinski definition) is 1. The van der Waals surface area contributed by atoms with Crippen molar-refractivity contribution in [1.82, 2.24) is 14.9 Å². The van der Waals surface area contributed by atoms with Gasteiger partial charge >= 0.3 is 0 Å². The third kappa shape index (κ3) is 4.60. The number of anilines is 2. The van der Waals surface area contributed by atoms with Crippen LogP contribution in [0.4, 0.5) is 11.6 Å². The minimum Gasteiger partial charge on any atom is -0.370 e. The maximum Gasteiger partial charge on any atom is 0.227 e. The number of carbonyl (C=O) groups excluding carboxylic acids is 1. The number of amides is 1. The first-order chi connectivity index (χ1) is 12.2. The number of nitrogens with one attached hydrogen (secondary N) is 1. The molecule has 1 aliphatic rings. The van der Waals surface area contributed by atoms with Crippen LogP contribution in [0.3, 0.4) is 0 Å². The number of halogens is 1. The van der Waals surface area contributed by atoms with Crippen molar-refractivity contribution in [2.45, 2.75) is 13.3 Å². The lowest BCUT2D eigenvalue weighted by molar-refractivity contribution is -0.130. The van der Waals surface area contributed by atoms with E-state index in [4.69, 9.17) is 11.6 Å². The monoisotopic (exact) mass is 359 g/mol. The summed E-state index contributed by atoms with van der Waals surface area (Å²) in [7, 11) is 0. The Labute approximate surface area is 152 Å². The lowest BCUT2D eigenvalue weighted by atomic mass is 10.1. The number of piperazine rings is 1. The van der Waals surface area contributed by atoms with Crippen LogP contribution in [-0.2, 0) is 11.2 Å². The van der Waals surface area contributed by atoms with Crippen molar-refractivity contribution in [2.24, 2.45) is 0 Å². The molecular formula is C18H22ClN5O. The fraction of sp³-hybridized carbons (Fsp3) is 0.389. The van der Waals surface area contributed by atoms with Crippen molar-refractivity contribution >= 4 is 29.1 Å². The van der Waals surface area contributed by atoms with E-state index >= 15 is 0 Å². The molecule has 1 aliphatic heterocycles. The van der Waals surface area contributed by atoms with Crippen molar-refractivity contribution in [1.29, 1.82) is 0 Å². The van der Waals surface area contributed by atoms with Gasteiger partial charge in [-0.1, -0.05) is 23.7 Å². The molecule has 2 heterocycles. The lowest BCUT2D eigenvalue weighted by Gasteiger charge is -2.35. The van der Waals surface area contributed by atoms with Crippen LogP contribution in [0.2, 0.25) is 5.02 Å². The van der Waals surface area contributed by atoms with E-state index in [0.29, 0.717) is 24.5 Å². The Morgan fingerprint density at radius 3 is 2.56 bits per heavy atom. The standard InChI is InChI=1S/C18H22ClN5O/c1-2-20-16-12-17(22-13-21-16)23-7-9-24(10-8-23)18(25)11-14-3-5-15(19)6-4-14/h3-6,12-13H,2,7-11H2,1H3,(H,20,21,22). The SMILES string of the molecule is CCNc1cc(N2CCN(C(=O)Cc3ccc(Cl)cc3)CC2)ncn1. The average molecular weight is 360 g/mol. The molecule has 2 aromatic rings. The molecule has 1 aromatic heterocycles. The van der Waals surface area contributed by atoms with Gasteiger partial charge in [-0.15, -0.1) is 0 Å². The van der Waals surface area contributed by atoms with Crippen LogP contribution >= 0.6 is 11.6 Å². The van der Waals surface area contributed by atoms with Crippen LogP contribution in [0.15, 0.2) is 36.7 Å². The Morgan fingerprint density at radius 1 is 1.16 bits per heavy atom. The quantitative estimate of drug-likeness (QED) is 0.888. The molecule has 0 aliphatic carbocycles. The molecule has 0 radical (unpaired) electrons. The normalized spacial score (nSPS) is 14.5. The Morgan fingerprint density at radius 2 is 1.88 bits per heavy atom. The summed E-state index contributed by atoms with van der Waals surface area (Å²) in [6.45, 7) is 5.81. The summed E-state index contributed by atoms with van der Waals surface area (Å²) in [6.07, 6.45) is 1.99. The Kier molecular flexibility index (Phi) is 5.71. The highest BCUT2D eigenvalue weighted by atomic mass is 35.5. The fourth-order valence-corrected chi connectivity index (χ4v) is 3.00. The number of carbonyl (C=O) groups is 1. The highest BCUT2D eigenvalue weighted by Gasteiger charge is 2.22. The minimum absolute atomic E-state index is 0.151. The smallest absolute Gasteiger partial charge is 0.227 e. The summed E-state index contributed by atoms with van der Waals surface area (Å²) < 4.78 is 0. The van der Waals surface area contributed by atoms with Gasteiger partial charge in [-0.3, -0.25) is 4.79 Å². The van der Waals surface area contributed by atoms with Gasteiger partial charge in [-0.2, -0.15) is 0 Å². The van der Waals surface area contributed by atoms with Crippen LogP contribution < -0.4 is 10.2 Å². The fourth-order valence-electron chi connectivity index (χ4n) is 2.87. The van der Waals surface area contributed by atoms with E-state index in [-0.39, 0.29) is 5.91 Å². The lowest BCUT2D eigenvalue weighted by Crippen LogP contribution is -2.49. The van der Waals surface area contributed by atoms with Crippen molar-refractivity contribution < 1.29 is 4.79 Å². The van der Waals surface area contributed by atoms with Gasteiger partial charge in [0, 0.05) is 43.8 Å². The van der Waals surface area contributed by atoms with E-state index in [9.17, 15) is 4.79 Å². The molecule has 1 amide bonds. The van der Waals surface area contributed by atoms with Crippen LogP contribution in [-0.4, -0.2) is 53.5 Å². The van der Waals surface area contributed by atoms with E-state index < -0.39 is 0 Å². The second-order valence-electron chi connectivity index (χ2n) is 5.96. The number of aromatic nitrogens is 2. The molecule has 3 rings (SSSR count). The third-order valence-corrected chi connectivity index (χ3v) is 4.49. The number of benzene rings is 1. The first-order valence-corrected chi connectivity index (χ1v) is 8.86. The number of nitrogens with zero attached hydrogens (tertiary/aromatic N) is 4. The Bertz CT molecular complexity index is 714. The predicted molar refractivity (Wildman–Crippen MR) is 100 cm³/mol. The van der Waals surface area contributed by atoms with E-state index in [0.717, 1.165) is 36.8 Å². The molecule has 0 bridgehead atoms. The maximum atomic E-state index is 12.5. The zero-order valence-corrected chi connectivity index (χ0v) is 15.0. The van der Waals surface area contributed by atoms with Crippen molar-refractivity contribution in [3.05, 3.63) is 47.2 Å². The first kappa shape index (κ1) is 17.5. The first-order valence-electron chi connectivity index (χ1n) is 8.49. The van der Waals surface area contributed by atoms with Crippen LogP contribution in [0.1, 0.15) is 12.5 Å². The van der Waals surface area contributed by atoms with Gasteiger partial charge in [0.2, 0.25) is 5.91 Å². The van der Waals surface area contributed by atoms with Gasteiger partial charge in [0.1, 0.15) is 18.0 Å². The van der Waals surface area contributed by atoms with Crippen molar-refractivity contribution in [2.75, 3.05) is 42.9 Å². The molecule has 0 saturated carbocycles. The van der Waals surface area contributed by atoms with Gasteiger partial charge in [0.05, 0.1) is 6.42 Å². The zero-order valence-electron chi connectivity index (χ0n) is 14.3. The van der Waals surface area contributed by atoms with Crippen molar-refractivity contribution in [3.63, 3.8) is 0 Å². The summed E-state index contributed by atoms with van der Waals surface area (Å²) in [4.78, 5) is 25.1. The van der Waals surface area contributed by atoms with Crippen LogP contribution in [0.25, 0.3) is 0 Å². The van der Waals surface area contributed by atoms with E-state index in [1.54, 1.807) is 6.33 Å². The maximum absolute atomic E-state index is 12.5. The zero-order chi connectivity index (χ0) is 17.6.